The van der Waals surface area contributed by atoms with Gasteiger partial charge in [-0.1, -0.05) is 0 Å². The molecule has 4 rings (SSSR count). The highest BCUT2D eigenvalue weighted by atomic mass is 16.3. The van der Waals surface area contributed by atoms with Gasteiger partial charge >= 0.3 is 0 Å². The predicted molar refractivity (Wildman–Crippen MR) is 110 cm³/mol. The fourth-order valence-electron chi connectivity index (χ4n) is 3.05. The maximum absolute atomic E-state index is 12.7. The normalized spacial score (nSPS) is 11.9. The van der Waals surface area contributed by atoms with Gasteiger partial charge in [-0.3, -0.25) is 14.7 Å². The van der Waals surface area contributed by atoms with E-state index in [1.807, 2.05) is 12.1 Å². The van der Waals surface area contributed by atoms with Gasteiger partial charge in [0.15, 0.2) is 0 Å². The van der Waals surface area contributed by atoms with Crippen molar-refractivity contribution in [3.8, 4) is 11.4 Å². The molecule has 1 atom stereocenters. The zero-order valence-corrected chi connectivity index (χ0v) is 15.7. The van der Waals surface area contributed by atoms with Gasteiger partial charge in [0.2, 0.25) is 5.91 Å². The number of phenols is 1. The molecule has 152 valence electrons. The van der Waals surface area contributed by atoms with E-state index < -0.39 is 24.5 Å². The molecule has 0 fully saturated rings. The molecule has 2 aromatic heterocycles. The number of anilines is 1. The van der Waals surface area contributed by atoms with Crippen molar-refractivity contribution >= 4 is 28.4 Å². The van der Waals surface area contributed by atoms with E-state index in [1.54, 1.807) is 47.4 Å². The average Bonchev–Trinajstić information content (AvgIpc) is 3.43. The summed E-state index contributed by atoms with van der Waals surface area (Å²) in [4.78, 5) is 25.2. The Kier molecular flexibility index (Phi) is 5.19. The summed E-state index contributed by atoms with van der Waals surface area (Å²) in [6.45, 7) is -0.609. The number of aliphatic hydroxyl groups excluding tert-OH is 1. The third kappa shape index (κ3) is 3.87. The van der Waals surface area contributed by atoms with Crippen LogP contribution in [0.2, 0.25) is 0 Å². The van der Waals surface area contributed by atoms with Gasteiger partial charge in [0, 0.05) is 29.2 Å². The van der Waals surface area contributed by atoms with Gasteiger partial charge in [-0.05, 0) is 48.5 Å². The quantitative estimate of drug-likeness (QED) is 0.334. The van der Waals surface area contributed by atoms with Crippen molar-refractivity contribution < 1.29 is 19.8 Å². The Balaban J connectivity index is 1.49. The van der Waals surface area contributed by atoms with Crippen molar-refractivity contribution in [2.24, 2.45) is 0 Å². The molecular formula is C21H19N5O4. The highest BCUT2D eigenvalue weighted by Gasteiger charge is 2.23. The number of aromatic hydroxyl groups is 1. The van der Waals surface area contributed by atoms with Gasteiger partial charge in [-0.25, -0.2) is 0 Å². The highest BCUT2D eigenvalue weighted by molar-refractivity contribution is 6.03. The number of aliphatic hydroxyl groups is 1. The van der Waals surface area contributed by atoms with Crippen LogP contribution in [0.3, 0.4) is 0 Å². The number of amides is 2. The lowest BCUT2D eigenvalue weighted by atomic mass is 10.1. The summed E-state index contributed by atoms with van der Waals surface area (Å²) >= 11 is 0. The number of hydrogen-bond donors (Lipinski definition) is 5. The molecule has 5 N–H and O–H groups in total. The molecule has 0 spiro atoms. The number of H-pyrrole nitrogens is 1. The van der Waals surface area contributed by atoms with E-state index >= 15 is 0 Å². The highest BCUT2D eigenvalue weighted by Crippen LogP contribution is 2.21. The van der Waals surface area contributed by atoms with Crippen LogP contribution in [0.4, 0.5) is 5.69 Å². The Morgan fingerprint density at radius 2 is 1.93 bits per heavy atom. The lowest BCUT2D eigenvalue weighted by Gasteiger charge is -2.17. The summed E-state index contributed by atoms with van der Waals surface area (Å²) < 4.78 is 1.78. The molecule has 30 heavy (non-hydrogen) atoms. The van der Waals surface area contributed by atoms with Crippen LogP contribution in [-0.2, 0) is 4.79 Å². The first kappa shape index (κ1) is 19.2. The second kappa shape index (κ2) is 8.10. The van der Waals surface area contributed by atoms with Gasteiger partial charge < -0.3 is 25.4 Å². The number of benzene rings is 2. The van der Waals surface area contributed by atoms with E-state index in [2.05, 4.69) is 20.8 Å². The van der Waals surface area contributed by atoms with Crippen LogP contribution in [0, 0.1) is 0 Å². The molecule has 0 aliphatic heterocycles. The van der Waals surface area contributed by atoms with Crippen LogP contribution in [0.15, 0.2) is 67.1 Å². The second-order valence-electron chi connectivity index (χ2n) is 6.66. The summed E-state index contributed by atoms with van der Waals surface area (Å²) in [6, 6.07) is 12.2. The first-order valence-electron chi connectivity index (χ1n) is 9.17. The molecule has 2 amide bonds. The number of carbonyl (C=O) groups excluding carboxylic acids is 2. The molecule has 0 aliphatic carbocycles. The molecule has 0 radical (unpaired) electrons. The van der Waals surface area contributed by atoms with Crippen molar-refractivity contribution in [1.82, 2.24) is 20.1 Å². The number of rotatable bonds is 6. The Labute approximate surface area is 171 Å². The zero-order chi connectivity index (χ0) is 21.1. The van der Waals surface area contributed by atoms with Crippen LogP contribution in [-0.4, -0.2) is 49.4 Å². The first-order chi connectivity index (χ1) is 14.5. The molecule has 0 bridgehead atoms. The minimum atomic E-state index is -1.20. The molecule has 9 nitrogen and oxygen atoms in total. The van der Waals surface area contributed by atoms with Crippen molar-refractivity contribution in [2.45, 2.75) is 6.04 Å². The van der Waals surface area contributed by atoms with Crippen molar-refractivity contribution in [3.63, 3.8) is 0 Å². The third-order valence-corrected chi connectivity index (χ3v) is 4.64. The molecule has 9 heteroatoms. The minimum Gasteiger partial charge on any atom is -0.507 e. The molecule has 0 aliphatic rings. The van der Waals surface area contributed by atoms with Crippen LogP contribution in [0.1, 0.15) is 10.4 Å². The minimum absolute atomic E-state index is 0.00803. The standard InChI is InChI=1S/C21H19N5O4/c27-12-18(21(30)23-14-4-3-13-11-22-25-17(13)9-14)24-20(29)16-10-15(5-6-19(16)28)26-7-1-2-8-26/h1-11,18,27-28H,12H2,(H,22,25)(H,23,30)(H,24,29)/t18-/m0/s1. The third-order valence-electron chi connectivity index (χ3n) is 4.64. The lowest BCUT2D eigenvalue weighted by molar-refractivity contribution is -0.118. The van der Waals surface area contributed by atoms with Gasteiger partial charge in [0.25, 0.3) is 5.91 Å². The fraction of sp³-hybridized carbons (Fsp3) is 0.0952. The number of hydrogen-bond acceptors (Lipinski definition) is 5. The molecule has 0 saturated carbocycles. The molecule has 2 aromatic carbocycles. The number of fused-ring (bicyclic) bond motifs is 1. The molecule has 0 unspecified atom stereocenters. The van der Waals surface area contributed by atoms with E-state index in [0.29, 0.717) is 11.4 Å². The number of carbonyl (C=O) groups is 2. The van der Waals surface area contributed by atoms with Crippen LogP contribution in [0.5, 0.6) is 5.75 Å². The monoisotopic (exact) mass is 405 g/mol. The SMILES string of the molecule is O=C(N[C@@H](CO)C(=O)Nc1ccc2cn[nH]c2c1)c1cc(-n2cccc2)ccc1O. The summed E-state index contributed by atoms with van der Waals surface area (Å²) in [5, 5.41) is 32.4. The van der Waals surface area contributed by atoms with Crippen LogP contribution < -0.4 is 10.6 Å². The van der Waals surface area contributed by atoms with Crippen LogP contribution >= 0.6 is 0 Å². The van der Waals surface area contributed by atoms with Crippen molar-refractivity contribution in [3.05, 3.63) is 72.7 Å². The average molecular weight is 405 g/mol. The summed E-state index contributed by atoms with van der Waals surface area (Å²) in [6.07, 6.45) is 5.26. The predicted octanol–water partition coefficient (Wildman–Crippen LogP) is 1.79. The molecular weight excluding hydrogens is 386 g/mol. The van der Waals surface area contributed by atoms with E-state index in [4.69, 9.17) is 0 Å². The Morgan fingerprint density at radius 3 is 2.70 bits per heavy atom. The van der Waals surface area contributed by atoms with Gasteiger partial charge in [-0.15, -0.1) is 0 Å². The smallest absolute Gasteiger partial charge is 0.255 e. The molecule has 0 saturated heterocycles. The van der Waals surface area contributed by atoms with E-state index in [9.17, 15) is 19.8 Å². The number of aromatic nitrogens is 3. The van der Waals surface area contributed by atoms with Gasteiger partial charge in [-0.2, -0.15) is 5.10 Å². The van der Waals surface area contributed by atoms with Crippen molar-refractivity contribution in [2.75, 3.05) is 11.9 Å². The summed E-state index contributed by atoms with van der Waals surface area (Å²) in [5.74, 6) is -1.50. The van der Waals surface area contributed by atoms with Crippen molar-refractivity contribution in [1.29, 1.82) is 0 Å². The first-order valence-corrected chi connectivity index (χ1v) is 9.17. The molecule has 4 aromatic rings. The van der Waals surface area contributed by atoms with E-state index in [0.717, 1.165) is 10.9 Å². The fourth-order valence-corrected chi connectivity index (χ4v) is 3.05. The van der Waals surface area contributed by atoms with E-state index in [-0.39, 0.29) is 11.3 Å². The Hall–Kier alpha value is -4.11. The lowest BCUT2D eigenvalue weighted by Crippen LogP contribution is -2.46. The number of aromatic amines is 1. The Bertz CT molecular complexity index is 1200. The number of phenolic OH excluding ortho intramolecular Hbond substituents is 1. The van der Waals surface area contributed by atoms with Gasteiger partial charge in [0.1, 0.15) is 11.8 Å². The summed E-state index contributed by atoms with van der Waals surface area (Å²) in [5.41, 5.74) is 1.89. The van der Waals surface area contributed by atoms with Crippen LogP contribution in [0.25, 0.3) is 16.6 Å². The van der Waals surface area contributed by atoms with E-state index in [1.165, 1.54) is 12.1 Å². The number of nitrogens with one attached hydrogen (secondary N) is 3. The largest absolute Gasteiger partial charge is 0.507 e. The summed E-state index contributed by atoms with van der Waals surface area (Å²) in [7, 11) is 0. The number of nitrogens with zero attached hydrogens (tertiary/aromatic N) is 2. The molecule has 2 heterocycles. The zero-order valence-electron chi connectivity index (χ0n) is 15.7. The van der Waals surface area contributed by atoms with Gasteiger partial charge in [0.05, 0.1) is 23.9 Å². The second-order valence-corrected chi connectivity index (χ2v) is 6.66. The maximum atomic E-state index is 12.7. The Morgan fingerprint density at radius 1 is 1.13 bits per heavy atom. The topological polar surface area (TPSA) is 132 Å². The maximum Gasteiger partial charge on any atom is 0.255 e.